The minimum Gasteiger partial charge on any atom is -0.345 e. The second-order valence-corrected chi connectivity index (χ2v) is 5.02. The number of H-pyrrole nitrogens is 1. The summed E-state index contributed by atoms with van der Waals surface area (Å²) >= 11 is 0. The van der Waals surface area contributed by atoms with E-state index in [-0.39, 0.29) is 5.91 Å². The predicted molar refractivity (Wildman–Crippen MR) is 84.6 cm³/mol. The smallest absolute Gasteiger partial charge is 0.258 e. The van der Waals surface area contributed by atoms with Gasteiger partial charge in [-0.3, -0.25) is 4.79 Å². The van der Waals surface area contributed by atoms with Crippen LogP contribution in [0.4, 0.5) is 5.69 Å². The van der Waals surface area contributed by atoms with E-state index in [1.165, 1.54) is 5.56 Å². The van der Waals surface area contributed by atoms with Gasteiger partial charge < -0.3 is 9.88 Å². The van der Waals surface area contributed by atoms with E-state index in [1.807, 2.05) is 30.3 Å². The van der Waals surface area contributed by atoms with Crippen molar-refractivity contribution in [2.24, 2.45) is 0 Å². The predicted octanol–water partition coefficient (Wildman–Crippen LogP) is 3.40. The quantitative estimate of drug-likeness (QED) is 0.798. The molecule has 3 rings (SSSR count). The van der Waals surface area contributed by atoms with Crippen molar-refractivity contribution in [3.8, 4) is 0 Å². The number of hydrogen-bond donors (Lipinski definition) is 1. The van der Waals surface area contributed by atoms with E-state index in [1.54, 1.807) is 18.3 Å². The molecule has 106 valence electrons. The van der Waals surface area contributed by atoms with Gasteiger partial charge >= 0.3 is 0 Å². The van der Waals surface area contributed by atoms with Gasteiger partial charge in [-0.2, -0.15) is 0 Å². The van der Waals surface area contributed by atoms with Gasteiger partial charge in [0.25, 0.3) is 5.91 Å². The summed E-state index contributed by atoms with van der Waals surface area (Å²) in [6, 6.07) is 13.6. The first-order valence-corrected chi connectivity index (χ1v) is 6.99. The fraction of sp³-hybridized carbons (Fsp3) is 0.176. The highest BCUT2D eigenvalue weighted by Crippen LogP contribution is 2.18. The molecule has 0 spiro atoms. The molecule has 0 atom stereocenters. The molecule has 0 aliphatic carbocycles. The molecule has 2 aromatic carbocycles. The van der Waals surface area contributed by atoms with Crippen molar-refractivity contribution >= 4 is 22.6 Å². The van der Waals surface area contributed by atoms with Crippen LogP contribution in [0.2, 0.25) is 0 Å². The first-order chi connectivity index (χ1) is 10.2. The summed E-state index contributed by atoms with van der Waals surface area (Å²) < 4.78 is 0. The Morgan fingerprint density at radius 2 is 1.95 bits per heavy atom. The summed E-state index contributed by atoms with van der Waals surface area (Å²) in [5.41, 5.74) is 4.53. The van der Waals surface area contributed by atoms with E-state index in [0.717, 1.165) is 23.1 Å². The number of carbonyl (C=O) groups excluding carboxylic acids is 1. The Hall–Kier alpha value is -2.62. The fourth-order valence-corrected chi connectivity index (χ4v) is 2.33. The molecule has 0 unspecified atom stereocenters. The van der Waals surface area contributed by atoms with Crippen molar-refractivity contribution in [3.05, 3.63) is 59.9 Å². The highest BCUT2D eigenvalue weighted by Gasteiger charge is 2.14. The van der Waals surface area contributed by atoms with Crippen molar-refractivity contribution in [2.45, 2.75) is 13.3 Å². The van der Waals surface area contributed by atoms with Crippen LogP contribution in [0.3, 0.4) is 0 Å². The zero-order valence-corrected chi connectivity index (χ0v) is 12.1. The van der Waals surface area contributed by atoms with Crippen molar-refractivity contribution in [2.75, 3.05) is 11.9 Å². The maximum Gasteiger partial charge on any atom is 0.258 e. The third-order valence-corrected chi connectivity index (χ3v) is 3.70. The molecule has 0 radical (unpaired) electrons. The van der Waals surface area contributed by atoms with Crippen molar-refractivity contribution in [1.29, 1.82) is 0 Å². The third kappa shape index (κ3) is 2.52. The Labute approximate surface area is 123 Å². The molecule has 0 aliphatic rings. The van der Waals surface area contributed by atoms with Gasteiger partial charge in [0.1, 0.15) is 0 Å². The Morgan fingerprint density at radius 1 is 1.19 bits per heavy atom. The zero-order valence-electron chi connectivity index (χ0n) is 12.1. The molecular formula is C17H17N3O. The minimum atomic E-state index is -0.0317. The number of fused-ring (bicyclic) bond motifs is 1. The highest BCUT2D eigenvalue weighted by molar-refractivity contribution is 6.07. The average Bonchev–Trinajstić information content (AvgIpc) is 3.01. The number of aromatic amines is 1. The van der Waals surface area contributed by atoms with Crippen LogP contribution in [-0.4, -0.2) is 22.9 Å². The normalized spacial score (nSPS) is 10.8. The number of hydrogen-bond acceptors (Lipinski definition) is 2. The van der Waals surface area contributed by atoms with Gasteiger partial charge in [-0.1, -0.05) is 19.1 Å². The third-order valence-electron chi connectivity index (χ3n) is 3.70. The van der Waals surface area contributed by atoms with Crippen LogP contribution in [0.1, 0.15) is 22.8 Å². The van der Waals surface area contributed by atoms with E-state index in [2.05, 4.69) is 29.0 Å². The molecule has 1 amide bonds. The number of carbonyl (C=O) groups is 1. The summed E-state index contributed by atoms with van der Waals surface area (Å²) in [7, 11) is 1.79. The maximum absolute atomic E-state index is 12.6. The van der Waals surface area contributed by atoms with Gasteiger partial charge in [-0.25, -0.2) is 4.98 Å². The highest BCUT2D eigenvalue weighted by atomic mass is 16.2. The molecule has 4 nitrogen and oxygen atoms in total. The molecule has 0 aliphatic heterocycles. The lowest BCUT2D eigenvalue weighted by Crippen LogP contribution is -2.26. The fourth-order valence-electron chi connectivity index (χ4n) is 2.33. The van der Waals surface area contributed by atoms with Crippen LogP contribution in [-0.2, 0) is 6.42 Å². The van der Waals surface area contributed by atoms with Crippen LogP contribution in [0.15, 0.2) is 48.8 Å². The number of anilines is 1. The number of rotatable bonds is 3. The van der Waals surface area contributed by atoms with Gasteiger partial charge in [0.05, 0.1) is 17.4 Å². The Bertz CT molecular complexity index is 774. The molecular weight excluding hydrogens is 262 g/mol. The number of aromatic nitrogens is 2. The topological polar surface area (TPSA) is 49.0 Å². The summed E-state index contributed by atoms with van der Waals surface area (Å²) in [5, 5.41) is 0. The van der Waals surface area contributed by atoms with Crippen molar-refractivity contribution in [3.63, 3.8) is 0 Å². The molecule has 21 heavy (non-hydrogen) atoms. The van der Waals surface area contributed by atoms with Crippen LogP contribution in [0, 0.1) is 0 Å². The van der Waals surface area contributed by atoms with Gasteiger partial charge in [-0.15, -0.1) is 0 Å². The molecule has 0 saturated carbocycles. The molecule has 4 heteroatoms. The van der Waals surface area contributed by atoms with Crippen molar-refractivity contribution < 1.29 is 4.79 Å². The van der Waals surface area contributed by atoms with Gasteiger partial charge in [0, 0.05) is 18.3 Å². The van der Waals surface area contributed by atoms with Crippen LogP contribution in [0.5, 0.6) is 0 Å². The summed E-state index contributed by atoms with van der Waals surface area (Å²) in [6.07, 6.45) is 2.63. The SMILES string of the molecule is CCc1ccc(N(C)C(=O)c2ccc3nc[nH]c3c2)cc1. The van der Waals surface area contributed by atoms with Gasteiger partial charge in [-0.05, 0) is 42.3 Å². The molecule has 0 bridgehead atoms. The summed E-state index contributed by atoms with van der Waals surface area (Å²) in [6.45, 7) is 2.11. The molecule has 3 aromatic rings. The number of nitrogens with one attached hydrogen (secondary N) is 1. The number of imidazole rings is 1. The molecule has 1 heterocycles. The summed E-state index contributed by atoms with van der Waals surface area (Å²) in [5.74, 6) is -0.0317. The van der Waals surface area contributed by atoms with Crippen LogP contribution in [0.25, 0.3) is 11.0 Å². The number of benzene rings is 2. The Balaban J connectivity index is 1.88. The first kappa shape index (κ1) is 13.4. The van der Waals surface area contributed by atoms with E-state index in [4.69, 9.17) is 0 Å². The zero-order chi connectivity index (χ0) is 14.8. The Kier molecular flexibility index (Phi) is 3.44. The van der Waals surface area contributed by atoms with Crippen LogP contribution >= 0.6 is 0 Å². The van der Waals surface area contributed by atoms with Crippen LogP contribution < -0.4 is 4.90 Å². The van der Waals surface area contributed by atoms with Gasteiger partial charge in [0.15, 0.2) is 0 Å². The molecule has 1 aromatic heterocycles. The summed E-state index contributed by atoms with van der Waals surface area (Å²) in [4.78, 5) is 21.4. The second-order valence-electron chi connectivity index (χ2n) is 5.02. The minimum absolute atomic E-state index is 0.0317. The van der Waals surface area contributed by atoms with E-state index in [9.17, 15) is 4.79 Å². The molecule has 0 fully saturated rings. The standard InChI is InChI=1S/C17H17N3O/c1-3-12-4-7-14(8-5-12)20(2)17(21)13-6-9-15-16(10-13)19-11-18-15/h4-11H,3H2,1-2H3,(H,18,19). The lowest BCUT2D eigenvalue weighted by molar-refractivity contribution is 0.0993. The van der Waals surface area contributed by atoms with E-state index in [0.29, 0.717) is 5.56 Å². The first-order valence-electron chi connectivity index (χ1n) is 6.99. The van der Waals surface area contributed by atoms with E-state index >= 15 is 0 Å². The van der Waals surface area contributed by atoms with E-state index < -0.39 is 0 Å². The molecule has 0 saturated heterocycles. The lowest BCUT2D eigenvalue weighted by atomic mass is 10.1. The Morgan fingerprint density at radius 3 is 2.67 bits per heavy atom. The number of nitrogens with zero attached hydrogens (tertiary/aromatic N) is 2. The largest absolute Gasteiger partial charge is 0.345 e. The number of aryl methyl sites for hydroxylation is 1. The van der Waals surface area contributed by atoms with Gasteiger partial charge in [0.2, 0.25) is 0 Å². The average molecular weight is 279 g/mol. The maximum atomic E-state index is 12.6. The molecule has 1 N–H and O–H groups in total. The lowest BCUT2D eigenvalue weighted by Gasteiger charge is -2.17. The van der Waals surface area contributed by atoms with Crippen molar-refractivity contribution in [1.82, 2.24) is 9.97 Å². The second kappa shape index (κ2) is 5.40. The monoisotopic (exact) mass is 279 g/mol. The number of amides is 1.